The van der Waals surface area contributed by atoms with Crippen LogP contribution in [0.25, 0.3) is 0 Å². The lowest BCUT2D eigenvalue weighted by Crippen LogP contribution is -2.50. The predicted molar refractivity (Wildman–Crippen MR) is 102 cm³/mol. The zero-order valence-corrected chi connectivity index (χ0v) is 15.8. The van der Waals surface area contributed by atoms with Crippen molar-refractivity contribution in [2.45, 2.75) is 12.6 Å². The van der Waals surface area contributed by atoms with Gasteiger partial charge in [0.15, 0.2) is 0 Å². The molecule has 0 radical (unpaired) electrons. The van der Waals surface area contributed by atoms with Gasteiger partial charge in [-0.2, -0.15) is 0 Å². The third-order valence-electron chi connectivity index (χ3n) is 5.13. The van der Waals surface area contributed by atoms with Gasteiger partial charge in [-0.15, -0.1) is 5.10 Å². The van der Waals surface area contributed by atoms with Gasteiger partial charge in [-0.25, -0.2) is 13.9 Å². The Morgan fingerprint density at radius 3 is 2.72 bits per heavy atom. The highest BCUT2D eigenvalue weighted by Gasteiger charge is 2.33. The maximum atomic E-state index is 14.8. The molecule has 2 amide bonds. The Hall–Kier alpha value is -3.21. The highest BCUT2D eigenvalue weighted by Crippen LogP contribution is 2.28. The van der Waals surface area contributed by atoms with Gasteiger partial charge >= 0.3 is 6.09 Å². The van der Waals surface area contributed by atoms with Crippen LogP contribution in [0.2, 0.25) is 0 Å². The van der Waals surface area contributed by atoms with E-state index in [1.807, 2.05) is 4.90 Å². The number of halogens is 1. The van der Waals surface area contributed by atoms with Gasteiger partial charge in [-0.1, -0.05) is 5.21 Å². The molecule has 0 spiro atoms. The number of rotatable bonds is 5. The zero-order valence-electron chi connectivity index (χ0n) is 15.8. The number of ether oxygens (including phenoxy) is 1. The van der Waals surface area contributed by atoms with E-state index in [1.54, 1.807) is 34.1 Å². The molecule has 0 aliphatic carbocycles. The first-order valence-electron chi connectivity index (χ1n) is 9.39. The summed E-state index contributed by atoms with van der Waals surface area (Å²) >= 11 is 0. The van der Waals surface area contributed by atoms with Crippen LogP contribution in [-0.2, 0) is 16.1 Å². The minimum atomic E-state index is -0.517. The van der Waals surface area contributed by atoms with Crippen molar-refractivity contribution in [1.29, 1.82) is 0 Å². The van der Waals surface area contributed by atoms with Gasteiger partial charge in [-0.3, -0.25) is 9.69 Å². The summed E-state index contributed by atoms with van der Waals surface area (Å²) in [5.41, 5.74) is 6.28. The summed E-state index contributed by atoms with van der Waals surface area (Å²) in [6.45, 7) is 2.71. The molecular weight excluding hydrogens is 381 g/mol. The Bertz CT molecular complexity index is 884. The summed E-state index contributed by atoms with van der Waals surface area (Å²) in [5, 5.41) is 7.58. The topological polar surface area (TPSA) is 110 Å². The standard InChI is InChI=1S/C18H22FN7O3/c19-15-9-13(26-12-14(29-18(26)28)11-25-4-3-21-22-25)1-2-16(15)23-5-7-24(8-6-23)17(27)10-20/h1-4,9,14H,5-8,10-12,20H2/t14-/m0/s1. The average Bonchev–Trinajstić information content (AvgIpc) is 3.37. The predicted octanol–water partition coefficient (Wildman–Crippen LogP) is 0.0499. The molecule has 0 bridgehead atoms. The maximum Gasteiger partial charge on any atom is 0.414 e. The first kappa shape index (κ1) is 19.1. The minimum absolute atomic E-state index is 0.0209. The third kappa shape index (κ3) is 3.99. The van der Waals surface area contributed by atoms with Crippen molar-refractivity contribution < 1.29 is 18.7 Å². The van der Waals surface area contributed by atoms with Crippen LogP contribution in [0.5, 0.6) is 0 Å². The number of carbonyl (C=O) groups excluding carboxylic acids is 2. The maximum absolute atomic E-state index is 14.8. The summed E-state index contributed by atoms with van der Waals surface area (Å²) in [7, 11) is 0. The summed E-state index contributed by atoms with van der Waals surface area (Å²) in [6.07, 6.45) is 2.33. The van der Waals surface area contributed by atoms with Crippen LogP contribution in [0.3, 0.4) is 0 Å². The van der Waals surface area contributed by atoms with E-state index in [0.29, 0.717) is 50.6 Å². The van der Waals surface area contributed by atoms with Gasteiger partial charge < -0.3 is 20.3 Å². The van der Waals surface area contributed by atoms with E-state index < -0.39 is 11.9 Å². The molecular formula is C18H22FN7O3. The first-order valence-corrected chi connectivity index (χ1v) is 9.39. The van der Waals surface area contributed by atoms with Crippen LogP contribution in [0.15, 0.2) is 30.6 Å². The van der Waals surface area contributed by atoms with E-state index in [0.717, 1.165) is 0 Å². The molecule has 3 heterocycles. The summed E-state index contributed by atoms with van der Waals surface area (Å²) in [4.78, 5) is 28.9. The molecule has 1 aromatic carbocycles. The van der Waals surface area contributed by atoms with Gasteiger partial charge in [0.05, 0.1) is 37.2 Å². The zero-order chi connectivity index (χ0) is 20.4. The number of cyclic esters (lactones) is 1. The van der Waals surface area contributed by atoms with Gasteiger partial charge in [0.2, 0.25) is 5.91 Å². The molecule has 0 unspecified atom stereocenters. The van der Waals surface area contributed by atoms with Crippen LogP contribution in [0.4, 0.5) is 20.6 Å². The number of aromatic nitrogens is 3. The number of hydrogen-bond acceptors (Lipinski definition) is 7. The quantitative estimate of drug-likeness (QED) is 0.751. The molecule has 2 saturated heterocycles. The second-order valence-corrected chi connectivity index (χ2v) is 6.95. The molecule has 29 heavy (non-hydrogen) atoms. The highest BCUT2D eigenvalue weighted by molar-refractivity contribution is 5.90. The minimum Gasteiger partial charge on any atom is -0.442 e. The van der Waals surface area contributed by atoms with E-state index >= 15 is 0 Å². The number of anilines is 2. The monoisotopic (exact) mass is 403 g/mol. The molecule has 154 valence electrons. The molecule has 2 fully saturated rings. The number of nitrogens with zero attached hydrogens (tertiary/aromatic N) is 6. The van der Waals surface area contributed by atoms with Crippen LogP contribution in [0.1, 0.15) is 0 Å². The molecule has 11 heteroatoms. The summed E-state index contributed by atoms with van der Waals surface area (Å²) in [6, 6.07) is 4.70. The van der Waals surface area contributed by atoms with Crippen molar-refractivity contribution in [3.05, 3.63) is 36.4 Å². The van der Waals surface area contributed by atoms with Crippen molar-refractivity contribution in [3.63, 3.8) is 0 Å². The van der Waals surface area contributed by atoms with Crippen molar-refractivity contribution >= 4 is 23.4 Å². The number of carbonyl (C=O) groups is 2. The Morgan fingerprint density at radius 2 is 2.07 bits per heavy atom. The Morgan fingerprint density at radius 1 is 1.28 bits per heavy atom. The molecule has 1 aromatic heterocycles. The fourth-order valence-electron chi connectivity index (χ4n) is 3.61. The summed E-state index contributed by atoms with van der Waals surface area (Å²) in [5.74, 6) is -0.526. The Balaban J connectivity index is 1.41. The largest absolute Gasteiger partial charge is 0.442 e. The van der Waals surface area contributed by atoms with E-state index in [-0.39, 0.29) is 18.6 Å². The number of piperazine rings is 1. The van der Waals surface area contributed by atoms with Crippen LogP contribution in [0, 0.1) is 5.82 Å². The van der Waals surface area contributed by atoms with Gasteiger partial charge in [0.25, 0.3) is 0 Å². The number of hydrogen-bond donors (Lipinski definition) is 1. The fourth-order valence-corrected chi connectivity index (χ4v) is 3.61. The van der Waals surface area contributed by atoms with Crippen LogP contribution < -0.4 is 15.5 Å². The lowest BCUT2D eigenvalue weighted by Gasteiger charge is -2.36. The van der Waals surface area contributed by atoms with Crippen LogP contribution in [-0.4, -0.2) is 77.3 Å². The second kappa shape index (κ2) is 8.03. The first-order chi connectivity index (χ1) is 14.0. The molecule has 10 nitrogen and oxygen atoms in total. The molecule has 2 aliphatic rings. The van der Waals surface area contributed by atoms with Crippen molar-refractivity contribution in [2.24, 2.45) is 5.73 Å². The molecule has 1 atom stereocenters. The number of amides is 2. The van der Waals surface area contributed by atoms with E-state index in [1.165, 1.54) is 11.0 Å². The Kier molecular flexibility index (Phi) is 5.30. The normalized spacial score (nSPS) is 19.6. The molecule has 2 N–H and O–H groups in total. The smallest absolute Gasteiger partial charge is 0.414 e. The fraction of sp³-hybridized carbons (Fsp3) is 0.444. The Labute approximate surface area is 166 Å². The van der Waals surface area contributed by atoms with Crippen molar-refractivity contribution in [3.8, 4) is 0 Å². The van der Waals surface area contributed by atoms with E-state index in [9.17, 15) is 14.0 Å². The van der Waals surface area contributed by atoms with Crippen molar-refractivity contribution in [2.75, 3.05) is 49.1 Å². The average molecular weight is 403 g/mol. The summed E-state index contributed by atoms with van der Waals surface area (Å²) < 4.78 is 21.7. The molecule has 2 aromatic rings. The lowest BCUT2D eigenvalue weighted by atomic mass is 10.2. The van der Waals surface area contributed by atoms with E-state index in [2.05, 4.69) is 10.3 Å². The highest BCUT2D eigenvalue weighted by atomic mass is 19.1. The number of nitrogens with two attached hydrogens (primary N) is 1. The van der Waals surface area contributed by atoms with Gasteiger partial charge in [0.1, 0.15) is 11.9 Å². The molecule has 0 saturated carbocycles. The lowest BCUT2D eigenvalue weighted by molar-refractivity contribution is -0.129. The molecule has 2 aliphatic heterocycles. The third-order valence-corrected chi connectivity index (χ3v) is 5.13. The SMILES string of the molecule is NCC(=O)N1CCN(c2ccc(N3C[C@H](Cn4ccnn4)OC3=O)cc2F)CC1. The van der Waals surface area contributed by atoms with Gasteiger partial charge in [0, 0.05) is 32.4 Å². The van der Waals surface area contributed by atoms with Crippen LogP contribution >= 0.6 is 0 Å². The van der Waals surface area contributed by atoms with Crippen molar-refractivity contribution in [1.82, 2.24) is 19.9 Å². The molecule has 4 rings (SSSR count). The van der Waals surface area contributed by atoms with E-state index in [4.69, 9.17) is 10.5 Å². The second-order valence-electron chi connectivity index (χ2n) is 6.95. The van der Waals surface area contributed by atoms with Gasteiger partial charge in [-0.05, 0) is 18.2 Å². The number of benzene rings is 1.